The molecule has 1 atom stereocenters. The molecule has 1 aromatic heterocycles. The summed E-state index contributed by atoms with van der Waals surface area (Å²) in [5.74, 6) is -0.113. The molecule has 0 radical (unpaired) electrons. The summed E-state index contributed by atoms with van der Waals surface area (Å²) >= 11 is 2.98. The van der Waals surface area contributed by atoms with E-state index in [4.69, 9.17) is 5.73 Å². The lowest BCUT2D eigenvalue weighted by atomic mass is 10.2. The van der Waals surface area contributed by atoms with E-state index in [1.807, 2.05) is 0 Å². The summed E-state index contributed by atoms with van der Waals surface area (Å²) in [6.07, 6.45) is -3.10. The molecule has 3 nitrogen and oxygen atoms in total. The second kappa shape index (κ2) is 5.22. The minimum atomic E-state index is -4.43. The number of aromatic nitrogens is 1. The number of hydrogen-bond donors (Lipinski definition) is 1. The van der Waals surface area contributed by atoms with Crippen LogP contribution in [-0.2, 0) is 6.18 Å². The highest BCUT2D eigenvalue weighted by molar-refractivity contribution is 9.10. The van der Waals surface area contributed by atoms with Gasteiger partial charge < -0.3 is 10.6 Å². The lowest BCUT2D eigenvalue weighted by Crippen LogP contribution is -2.34. The van der Waals surface area contributed by atoms with Crippen LogP contribution in [-0.4, -0.2) is 24.6 Å². The van der Waals surface area contributed by atoms with Crippen LogP contribution in [0.3, 0.4) is 0 Å². The van der Waals surface area contributed by atoms with Gasteiger partial charge in [-0.15, -0.1) is 0 Å². The third kappa shape index (κ3) is 3.85. The number of likely N-dealkylation sites (N-methyl/N-ethyl adjacent to an activating group) is 1. The van der Waals surface area contributed by atoms with Crippen molar-refractivity contribution in [3.8, 4) is 0 Å². The fourth-order valence-electron chi connectivity index (χ4n) is 1.46. The van der Waals surface area contributed by atoms with E-state index < -0.39 is 11.7 Å². The van der Waals surface area contributed by atoms with Crippen LogP contribution in [0.5, 0.6) is 0 Å². The number of pyridine rings is 1. The third-order valence-electron chi connectivity index (χ3n) is 2.06. The smallest absolute Gasteiger partial charge is 0.358 e. The molecule has 17 heavy (non-hydrogen) atoms. The van der Waals surface area contributed by atoms with Crippen LogP contribution in [0, 0.1) is 0 Å². The van der Waals surface area contributed by atoms with Gasteiger partial charge in [0.25, 0.3) is 0 Å². The van der Waals surface area contributed by atoms with Crippen molar-refractivity contribution in [3.05, 3.63) is 22.3 Å². The van der Waals surface area contributed by atoms with Crippen molar-refractivity contribution in [2.75, 3.05) is 18.5 Å². The van der Waals surface area contributed by atoms with Crippen molar-refractivity contribution in [1.29, 1.82) is 0 Å². The lowest BCUT2D eigenvalue weighted by Gasteiger charge is -2.23. The molecular formula is C10H13BrF3N3. The van der Waals surface area contributed by atoms with Gasteiger partial charge in [0, 0.05) is 30.3 Å². The molecule has 0 aliphatic rings. The maximum Gasteiger partial charge on any atom is 0.419 e. The largest absolute Gasteiger partial charge is 0.419 e. The summed E-state index contributed by atoms with van der Waals surface area (Å²) in [7, 11) is 1.54. The average molecular weight is 312 g/mol. The Labute approximate surface area is 106 Å². The Hall–Kier alpha value is -0.820. The second-order valence-corrected chi connectivity index (χ2v) is 4.80. The fourth-order valence-corrected chi connectivity index (χ4v) is 1.79. The quantitative estimate of drug-likeness (QED) is 0.933. The minimum Gasteiger partial charge on any atom is -0.358 e. The van der Waals surface area contributed by atoms with Crippen LogP contribution in [0.1, 0.15) is 12.5 Å². The van der Waals surface area contributed by atoms with E-state index in [9.17, 15) is 13.2 Å². The highest BCUT2D eigenvalue weighted by Gasteiger charge is 2.35. The van der Waals surface area contributed by atoms with Crippen LogP contribution in [0.2, 0.25) is 0 Å². The van der Waals surface area contributed by atoms with E-state index in [-0.39, 0.29) is 11.9 Å². The Balaban J connectivity index is 3.15. The number of alkyl halides is 3. The molecule has 0 saturated carbocycles. The lowest BCUT2D eigenvalue weighted by molar-refractivity contribution is -0.137. The van der Waals surface area contributed by atoms with E-state index in [2.05, 4.69) is 20.9 Å². The van der Waals surface area contributed by atoms with Crippen LogP contribution >= 0.6 is 15.9 Å². The minimum absolute atomic E-state index is 0.113. The summed E-state index contributed by atoms with van der Waals surface area (Å²) in [6.45, 7) is 2.03. The van der Waals surface area contributed by atoms with Gasteiger partial charge in [-0.05, 0) is 28.9 Å². The molecule has 0 aliphatic heterocycles. The summed E-state index contributed by atoms with van der Waals surface area (Å²) in [4.78, 5) is 5.20. The highest BCUT2D eigenvalue weighted by atomic mass is 79.9. The molecule has 0 spiro atoms. The first-order valence-corrected chi connectivity index (χ1v) is 5.70. The Morgan fingerprint density at radius 2 is 2.12 bits per heavy atom. The highest BCUT2D eigenvalue weighted by Crippen LogP contribution is 2.36. The van der Waals surface area contributed by atoms with Gasteiger partial charge in [0.05, 0.1) is 5.56 Å². The van der Waals surface area contributed by atoms with Gasteiger partial charge in [-0.3, -0.25) is 0 Å². The number of halogens is 4. The van der Waals surface area contributed by atoms with Crippen molar-refractivity contribution in [2.24, 2.45) is 5.73 Å². The number of rotatable bonds is 3. The molecule has 0 aliphatic carbocycles. The standard InChI is InChI=1S/C10H13BrF3N3/c1-6(15)5-17(2)9-8(10(12,13)14)3-7(11)4-16-9/h3-4,6H,5,15H2,1-2H3. The zero-order chi connectivity index (χ0) is 13.2. The number of nitrogens with zero attached hydrogens (tertiary/aromatic N) is 2. The molecule has 1 rings (SSSR count). The molecule has 0 amide bonds. The van der Waals surface area contributed by atoms with Gasteiger partial charge in [-0.25, -0.2) is 4.98 Å². The van der Waals surface area contributed by atoms with Gasteiger partial charge >= 0.3 is 6.18 Å². The molecule has 0 bridgehead atoms. The summed E-state index contributed by atoms with van der Waals surface area (Å²) in [6, 6.07) is 0.784. The summed E-state index contributed by atoms with van der Waals surface area (Å²) in [5.41, 5.74) is 4.79. The fraction of sp³-hybridized carbons (Fsp3) is 0.500. The Bertz CT molecular complexity index is 393. The van der Waals surface area contributed by atoms with Crippen molar-refractivity contribution < 1.29 is 13.2 Å². The molecule has 1 unspecified atom stereocenters. The predicted molar refractivity (Wildman–Crippen MR) is 63.9 cm³/mol. The van der Waals surface area contributed by atoms with Gasteiger partial charge in [0.1, 0.15) is 5.82 Å². The van der Waals surface area contributed by atoms with Gasteiger partial charge in [-0.2, -0.15) is 13.2 Å². The molecule has 0 fully saturated rings. The first-order chi connectivity index (χ1) is 7.71. The third-order valence-corrected chi connectivity index (χ3v) is 2.50. The van der Waals surface area contributed by atoms with E-state index >= 15 is 0 Å². The van der Waals surface area contributed by atoms with E-state index in [0.717, 1.165) is 6.07 Å². The normalized spacial score (nSPS) is 13.6. The van der Waals surface area contributed by atoms with Crippen LogP contribution in [0.15, 0.2) is 16.7 Å². The van der Waals surface area contributed by atoms with Crippen LogP contribution in [0.25, 0.3) is 0 Å². The Morgan fingerprint density at radius 3 is 2.59 bits per heavy atom. The average Bonchev–Trinajstić information content (AvgIpc) is 2.14. The number of nitrogens with two attached hydrogens (primary N) is 1. The molecule has 0 saturated heterocycles. The molecule has 7 heteroatoms. The summed E-state index contributed by atoms with van der Waals surface area (Å²) < 4.78 is 38.7. The molecule has 2 N–H and O–H groups in total. The van der Waals surface area contributed by atoms with Crippen molar-refractivity contribution >= 4 is 21.7 Å². The molecular weight excluding hydrogens is 299 g/mol. The molecule has 96 valence electrons. The predicted octanol–water partition coefficient (Wildman–Crippen LogP) is 2.65. The van der Waals surface area contributed by atoms with E-state index in [1.54, 1.807) is 6.92 Å². The van der Waals surface area contributed by atoms with Crippen LogP contribution < -0.4 is 10.6 Å². The molecule has 0 aromatic carbocycles. The summed E-state index contributed by atoms with van der Waals surface area (Å²) in [5, 5.41) is 0. The van der Waals surface area contributed by atoms with Crippen molar-refractivity contribution in [2.45, 2.75) is 19.1 Å². The van der Waals surface area contributed by atoms with Crippen molar-refractivity contribution in [3.63, 3.8) is 0 Å². The Kier molecular flexibility index (Phi) is 4.37. The van der Waals surface area contributed by atoms with Crippen molar-refractivity contribution in [1.82, 2.24) is 4.98 Å². The maximum atomic E-state index is 12.8. The van der Waals surface area contributed by atoms with Gasteiger partial charge in [-0.1, -0.05) is 0 Å². The Morgan fingerprint density at radius 1 is 1.53 bits per heavy atom. The molecule has 1 heterocycles. The SMILES string of the molecule is CC(N)CN(C)c1ncc(Br)cc1C(F)(F)F. The number of hydrogen-bond acceptors (Lipinski definition) is 3. The first-order valence-electron chi connectivity index (χ1n) is 4.91. The topological polar surface area (TPSA) is 42.1 Å². The van der Waals surface area contributed by atoms with E-state index in [0.29, 0.717) is 11.0 Å². The first kappa shape index (κ1) is 14.2. The van der Waals surface area contributed by atoms with Crippen LogP contribution in [0.4, 0.5) is 19.0 Å². The maximum absolute atomic E-state index is 12.8. The zero-order valence-electron chi connectivity index (χ0n) is 9.42. The zero-order valence-corrected chi connectivity index (χ0v) is 11.0. The number of anilines is 1. The van der Waals surface area contributed by atoms with Gasteiger partial charge in [0.15, 0.2) is 0 Å². The monoisotopic (exact) mass is 311 g/mol. The second-order valence-electron chi connectivity index (χ2n) is 3.88. The molecule has 1 aromatic rings. The van der Waals surface area contributed by atoms with E-state index in [1.165, 1.54) is 18.1 Å². The van der Waals surface area contributed by atoms with Gasteiger partial charge in [0.2, 0.25) is 0 Å².